The number of aryl methyl sites for hydroxylation is 1. The molecule has 0 N–H and O–H groups in total. The van der Waals surface area contributed by atoms with Crippen LogP contribution in [0.2, 0.25) is 0 Å². The maximum atomic E-state index is 4.07. The number of hydrogen-bond acceptors (Lipinski definition) is 2. The molecule has 56 valence electrons. The molecule has 0 atom stereocenters. The van der Waals surface area contributed by atoms with E-state index in [2.05, 4.69) is 26.0 Å². The molecule has 0 saturated heterocycles. The minimum atomic E-state index is 0.956. The van der Waals surface area contributed by atoms with E-state index in [9.17, 15) is 0 Å². The molecule has 2 heterocycles. The van der Waals surface area contributed by atoms with E-state index in [-0.39, 0.29) is 0 Å². The van der Waals surface area contributed by atoms with Gasteiger partial charge in [0.1, 0.15) is 10.9 Å². The number of aromatic nitrogens is 3. The molecule has 4 heteroatoms. The van der Waals surface area contributed by atoms with Crippen LogP contribution in [0.3, 0.4) is 0 Å². The maximum Gasteiger partial charge on any atom is 0.136 e. The molecule has 0 aliphatic heterocycles. The van der Waals surface area contributed by atoms with Gasteiger partial charge in [0.2, 0.25) is 0 Å². The molecule has 2 rings (SSSR count). The van der Waals surface area contributed by atoms with Gasteiger partial charge < -0.3 is 0 Å². The molecule has 0 spiro atoms. The number of nitrogens with zero attached hydrogens (tertiary/aromatic N) is 3. The number of hydrogen-bond donors (Lipinski definition) is 0. The van der Waals surface area contributed by atoms with Gasteiger partial charge in [0.15, 0.2) is 0 Å². The van der Waals surface area contributed by atoms with Crippen molar-refractivity contribution >= 4 is 21.4 Å². The Bertz CT molecular complexity index is 393. The highest BCUT2D eigenvalue weighted by Crippen LogP contribution is 2.14. The normalized spacial score (nSPS) is 10.7. The van der Waals surface area contributed by atoms with E-state index in [1.54, 1.807) is 6.33 Å². The van der Waals surface area contributed by atoms with Crippen molar-refractivity contribution in [3.63, 3.8) is 0 Å². The molecule has 0 unspecified atom stereocenters. The van der Waals surface area contributed by atoms with E-state index in [1.165, 1.54) is 0 Å². The van der Waals surface area contributed by atoms with Crippen LogP contribution in [0.15, 0.2) is 23.1 Å². The Balaban J connectivity index is 2.94. The molecular weight excluding hydrogens is 206 g/mol. The second kappa shape index (κ2) is 2.30. The molecule has 0 fully saturated rings. The molecule has 2 aromatic rings. The number of rotatable bonds is 0. The van der Waals surface area contributed by atoms with Crippen LogP contribution in [0, 0.1) is 6.92 Å². The molecule has 3 nitrogen and oxygen atoms in total. The second-order valence-corrected chi connectivity index (χ2v) is 3.11. The van der Waals surface area contributed by atoms with Gasteiger partial charge in [0.05, 0.1) is 11.2 Å². The van der Waals surface area contributed by atoms with Crippen molar-refractivity contribution in [2.45, 2.75) is 6.92 Å². The van der Waals surface area contributed by atoms with Gasteiger partial charge in [-0.1, -0.05) is 0 Å². The second-order valence-electron chi connectivity index (χ2n) is 2.30. The van der Waals surface area contributed by atoms with E-state index >= 15 is 0 Å². The third-order valence-electron chi connectivity index (χ3n) is 1.60. The summed E-state index contributed by atoms with van der Waals surface area (Å²) in [6, 6.07) is 3.94. The molecule has 0 aromatic carbocycles. The lowest BCUT2D eigenvalue weighted by molar-refractivity contribution is 0.871. The first-order valence-corrected chi connectivity index (χ1v) is 4.03. The van der Waals surface area contributed by atoms with Crippen molar-refractivity contribution in [2.24, 2.45) is 0 Å². The zero-order valence-electron chi connectivity index (χ0n) is 5.95. The lowest BCUT2D eigenvalue weighted by atomic mass is 10.4. The average molecular weight is 212 g/mol. The van der Waals surface area contributed by atoms with Crippen molar-refractivity contribution in [1.29, 1.82) is 0 Å². The fraction of sp³-hybridized carbons (Fsp3) is 0.143. The Morgan fingerprint density at radius 2 is 2.27 bits per heavy atom. The molecule has 0 radical (unpaired) electrons. The zero-order chi connectivity index (χ0) is 7.84. The minimum absolute atomic E-state index is 0.956. The predicted molar refractivity (Wildman–Crippen MR) is 45.4 cm³/mol. The Morgan fingerprint density at radius 3 is 3.00 bits per heavy atom. The van der Waals surface area contributed by atoms with Gasteiger partial charge in [-0.05, 0) is 35.0 Å². The Labute approximate surface area is 72.2 Å². The summed E-state index contributed by atoms with van der Waals surface area (Å²) in [4.78, 5) is 4.07. The van der Waals surface area contributed by atoms with Gasteiger partial charge in [-0.2, -0.15) is 5.10 Å². The van der Waals surface area contributed by atoms with Crippen molar-refractivity contribution in [1.82, 2.24) is 14.6 Å². The summed E-state index contributed by atoms with van der Waals surface area (Å²) >= 11 is 3.37. The summed E-state index contributed by atoms with van der Waals surface area (Å²) in [5.74, 6) is 0. The van der Waals surface area contributed by atoms with Crippen LogP contribution in [0.1, 0.15) is 5.69 Å². The Hall–Kier alpha value is -0.900. The van der Waals surface area contributed by atoms with Crippen LogP contribution < -0.4 is 0 Å². The molecule has 0 aliphatic carbocycles. The monoisotopic (exact) mass is 211 g/mol. The summed E-state index contributed by atoms with van der Waals surface area (Å²) in [5.41, 5.74) is 2.03. The zero-order valence-corrected chi connectivity index (χ0v) is 7.54. The third kappa shape index (κ3) is 0.939. The lowest BCUT2D eigenvalue weighted by Gasteiger charge is -1.95. The van der Waals surface area contributed by atoms with E-state index < -0.39 is 0 Å². The minimum Gasteiger partial charge on any atom is -0.238 e. The molecule has 0 amide bonds. The van der Waals surface area contributed by atoms with Crippen LogP contribution in [-0.2, 0) is 0 Å². The van der Waals surface area contributed by atoms with E-state index in [4.69, 9.17) is 0 Å². The fourth-order valence-electron chi connectivity index (χ4n) is 1.03. The standard InChI is InChI=1S/C7H6BrN3/c1-5-6-2-3-7(8)11(6)10-4-9-5/h2-4H,1H3. The summed E-state index contributed by atoms with van der Waals surface area (Å²) in [6.07, 6.45) is 1.55. The highest BCUT2D eigenvalue weighted by molar-refractivity contribution is 9.10. The van der Waals surface area contributed by atoms with Gasteiger partial charge >= 0.3 is 0 Å². The quantitative estimate of drug-likeness (QED) is 0.666. The van der Waals surface area contributed by atoms with Gasteiger partial charge in [-0.3, -0.25) is 0 Å². The van der Waals surface area contributed by atoms with Crippen LogP contribution in [0.25, 0.3) is 5.52 Å². The Kier molecular flexibility index (Phi) is 1.42. The van der Waals surface area contributed by atoms with Crippen LogP contribution in [0.5, 0.6) is 0 Å². The van der Waals surface area contributed by atoms with E-state index in [1.807, 2.05) is 23.6 Å². The first-order chi connectivity index (χ1) is 5.29. The van der Waals surface area contributed by atoms with E-state index in [0.29, 0.717) is 0 Å². The molecule has 0 bridgehead atoms. The molecule has 0 aliphatic rings. The number of fused-ring (bicyclic) bond motifs is 1. The van der Waals surface area contributed by atoms with Crippen molar-refractivity contribution in [2.75, 3.05) is 0 Å². The first-order valence-electron chi connectivity index (χ1n) is 3.24. The average Bonchev–Trinajstić information content (AvgIpc) is 2.35. The van der Waals surface area contributed by atoms with Crippen LogP contribution in [0.4, 0.5) is 0 Å². The SMILES string of the molecule is Cc1ncnn2c(Br)ccc12. The summed E-state index contributed by atoms with van der Waals surface area (Å²) < 4.78 is 2.76. The van der Waals surface area contributed by atoms with Gasteiger partial charge in [0.25, 0.3) is 0 Å². The smallest absolute Gasteiger partial charge is 0.136 e. The number of halogens is 1. The van der Waals surface area contributed by atoms with Crippen molar-refractivity contribution < 1.29 is 0 Å². The van der Waals surface area contributed by atoms with Gasteiger partial charge in [0, 0.05) is 0 Å². The topological polar surface area (TPSA) is 30.2 Å². The lowest BCUT2D eigenvalue weighted by Crippen LogP contribution is -1.94. The Morgan fingerprint density at radius 1 is 1.45 bits per heavy atom. The van der Waals surface area contributed by atoms with Gasteiger partial charge in [-0.15, -0.1) is 0 Å². The summed E-state index contributed by atoms with van der Waals surface area (Å²) in [5, 5.41) is 4.06. The molecule has 0 saturated carbocycles. The van der Waals surface area contributed by atoms with E-state index in [0.717, 1.165) is 15.8 Å². The fourth-order valence-corrected chi connectivity index (χ4v) is 1.44. The molecule has 2 aromatic heterocycles. The van der Waals surface area contributed by atoms with Crippen molar-refractivity contribution in [3.8, 4) is 0 Å². The third-order valence-corrected chi connectivity index (χ3v) is 2.20. The highest BCUT2D eigenvalue weighted by Gasteiger charge is 2.00. The predicted octanol–water partition coefficient (Wildman–Crippen LogP) is 1.80. The first kappa shape index (κ1) is 6.79. The highest BCUT2D eigenvalue weighted by atomic mass is 79.9. The van der Waals surface area contributed by atoms with Crippen LogP contribution >= 0.6 is 15.9 Å². The maximum absolute atomic E-state index is 4.07. The van der Waals surface area contributed by atoms with Crippen LogP contribution in [-0.4, -0.2) is 14.6 Å². The molecular formula is C7H6BrN3. The molecule has 11 heavy (non-hydrogen) atoms. The summed E-state index contributed by atoms with van der Waals surface area (Å²) in [6.45, 7) is 1.96. The van der Waals surface area contributed by atoms with Crippen molar-refractivity contribution in [3.05, 3.63) is 28.8 Å². The summed E-state index contributed by atoms with van der Waals surface area (Å²) in [7, 11) is 0. The largest absolute Gasteiger partial charge is 0.238 e. The van der Waals surface area contributed by atoms with Gasteiger partial charge in [-0.25, -0.2) is 9.50 Å².